The molecule has 1 unspecified atom stereocenters. The lowest BCUT2D eigenvalue weighted by Crippen LogP contribution is -2.13. The summed E-state index contributed by atoms with van der Waals surface area (Å²) < 4.78 is 5.22. The minimum atomic E-state index is -0.494. The van der Waals surface area contributed by atoms with Gasteiger partial charge >= 0.3 is 0 Å². The summed E-state index contributed by atoms with van der Waals surface area (Å²) in [6.07, 6.45) is 0.982. The molecule has 0 radical (unpaired) electrons. The minimum absolute atomic E-state index is 0.0465. The van der Waals surface area contributed by atoms with Crippen LogP contribution in [0.2, 0.25) is 5.02 Å². The Kier molecular flexibility index (Phi) is 4.35. The second kappa shape index (κ2) is 5.99. The Morgan fingerprint density at radius 1 is 1.61 bits per heavy atom. The molecule has 1 saturated heterocycles. The summed E-state index contributed by atoms with van der Waals surface area (Å²) in [5, 5.41) is 10.8. The maximum absolute atomic E-state index is 10.5. The van der Waals surface area contributed by atoms with E-state index in [9.17, 15) is 10.1 Å². The van der Waals surface area contributed by atoms with Crippen LogP contribution in [0.4, 0.5) is 11.4 Å². The summed E-state index contributed by atoms with van der Waals surface area (Å²) in [5.74, 6) is 0.384. The molecule has 1 atom stereocenters. The molecule has 0 spiro atoms. The van der Waals surface area contributed by atoms with Crippen molar-refractivity contribution in [2.75, 3.05) is 25.3 Å². The predicted octanol–water partition coefficient (Wildman–Crippen LogP) is 2.63. The van der Waals surface area contributed by atoms with Gasteiger partial charge < -0.3 is 4.74 Å². The highest BCUT2D eigenvalue weighted by Crippen LogP contribution is 2.26. The maximum Gasteiger partial charge on any atom is 0.271 e. The molecule has 0 aliphatic carbocycles. The van der Waals surface area contributed by atoms with Gasteiger partial charge in [-0.25, -0.2) is 0 Å². The van der Waals surface area contributed by atoms with Gasteiger partial charge in [0.15, 0.2) is 0 Å². The topological polar surface area (TPSA) is 73.6 Å². The monoisotopic (exact) mass is 272 g/mol. The van der Waals surface area contributed by atoms with Crippen LogP contribution in [0.3, 0.4) is 0 Å². The second-order valence-corrected chi connectivity index (χ2v) is 4.47. The zero-order valence-corrected chi connectivity index (χ0v) is 10.4. The summed E-state index contributed by atoms with van der Waals surface area (Å²) in [4.78, 5) is 15.3. The summed E-state index contributed by atoms with van der Waals surface area (Å²) in [6.45, 7) is 2.00. The Bertz CT molecular complexity index is 435. The average Bonchev–Trinajstić information content (AvgIpc) is 2.84. The molecule has 0 bridgehead atoms. The highest BCUT2D eigenvalue weighted by atomic mass is 35.5. The number of non-ortho nitro benzene ring substituents is 1. The van der Waals surface area contributed by atoms with Crippen molar-refractivity contribution in [3.05, 3.63) is 33.3 Å². The number of hydrogen-bond acceptors (Lipinski definition) is 5. The Morgan fingerprint density at radius 2 is 2.44 bits per heavy atom. The summed E-state index contributed by atoms with van der Waals surface area (Å²) in [7, 11) is 0. The van der Waals surface area contributed by atoms with Crippen LogP contribution in [0.5, 0.6) is 0 Å². The Morgan fingerprint density at radius 3 is 3.06 bits per heavy atom. The number of hydrogen-bond donors (Lipinski definition) is 1. The van der Waals surface area contributed by atoms with E-state index in [-0.39, 0.29) is 10.7 Å². The number of halogens is 1. The molecule has 0 amide bonds. The molecule has 98 valence electrons. The van der Waals surface area contributed by atoms with E-state index in [1.807, 2.05) is 0 Å². The van der Waals surface area contributed by atoms with Gasteiger partial charge in [0.25, 0.3) is 5.69 Å². The van der Waals surface area contributed by atoms with Gasteiger partial charge in [-0.2, -0.15) is 0 Å². The molecule has 6 nitrogen and oxygen atoms in total. The number of nitro groups is 1. The van der Waals surface area contributed by atoms with Gasteiger partial charge in [-0.3, -0.25) is 20.4 Å². The van der Waals surface area contributed by atoms with Crippen molar-refractivity contribution in [3.8, 4) is 0 Å². The number of nitrogens with zero attached hydrogens (tertiary/aromatic N) is 1. The van der Waals surface area contributed by atoms with Crippen molar-refractivity contribution >= 4 is 23.0 Å². The lowest BCUT2D eigenvalue weighted by Gasteiger charge is -2.11. The van der Waals surface area contributed by atoms with Crippen molar-refractivity contribution in [3.63, 3.8) is 0 Å². The zero-order chi connectivity index (χ0) is 13.0. The molecule has 2 rings (SSSR count). The first kappa shape index (κ1) is 13.1. The van der Waals surface area contributed by atoms with Gasteiger partial charge in [-0.05, 0) is 12.5 Å². The number of benzene rings is 1. The molecule has 1 aromatic carbocycles. The molecule has 1 aromatic rings. The molecule has 1 heterocycles. The molecule has 1 fully saturated rings. The standard InChI is InChI=1S/C11H13ClN2O4/c12-10-5-9(14(15)16)1-2-11(10)13-18-7-8-3-4-17-6-8/h1-2,5,8,13H,3-4,6-7H2. The molecular formula is C11H13ClN2O4. The van der Waals surface area contributed by atoms with E-state index in [4.69, 9.17) is 21.2 Å². The van der Waals surface area contributed by atoms with E-state index >= 15 is 0 Å². The van der Waals surface area contributed by atoms with Gasteiger partial charge in [0.2, 0.25) is 0 Å². The Labute approximate surface area is 109 Å². The maximum atomic E-state index is 10.5. The molecule has 18 heavy (non-hydrogen) atoms. The molecule has 7 heteroatoms. The predicted molar refractivity (Wildman–Crippen MR) is 66.6 cm³/mol. The van der Waals surface area contributed by atoms with Gasteiger partial charge in [0.05, 0.1) is 28.8 Å². The van der Waals surface area contributed by atoms with Gasteiger partial charge in [0.1, 0.15) is 0 Å². The van der Waals surface area contributed by atoms with Crippen LogP contribution >= 0.6 is 11.6 Å². The van der Waals surface area contributed by atoms with Gasteiger partial charge in [0, 0.05) is 24.7 Å². The van der Waals surface area contributed by atoms with E-state index in [2.05, 4.69) is 5.48 Å². The molecule has 0 aromatic heterocycles. The Balaban J connectivity index is 1.87. The zero-order valence-electron chi connectivity index (χ0n) is 9.60. The molecule has 1 N–H and O–H groups in total. The number of nitrogens with one attached hydrogen (secondary N) is 1. The lowest BCUT2D eigenvalue weighted by atomic mass is 10.1. The lowest BCUT2D eigenvalue weighted by molar-refractivity contribution is -0.384. The van der Waals surface area contributed by atoms with E-state index < -0.39 is 4.92 Å². The fourth-order valence-electron chi connectivity index (χ4n) is 1.65. The quantitative estimate of drug-likeness (QED) is 0.659. The van der Waals surface area contributed by atoms with Crippen LogP contribution in [0, 0.1) is 16.0 Å². The first-order chi connectivity index (χ1) is 8.66. The van der Waals surface area contributed by atoms with E-state index in [1.54, 1.807) is 0 Å². The minimum Gasteiger partial charge on any atom is -0.381 e. The van der Waals surface area contributed by atoms with Crippen LogP contribution in [0.1, 0.15) is 6.42 Å². The molecule has 0 saturated carbocycles. The third kappa shape index (κ3) is 3.32. The van der Waals surface area contributed by atoms with Crippen LogP contribution in [-0.4, -0.2) is 24.7 Å². The summed E-state index contributed by atoms with van der Waals surface area (Å²) >= 11 is 5.90. The second-order valence-electron chi connectivity index (χ2n) is 4.06. The summed E-state index contributed by atoms with van der Waals surface area (Å²) in [6, 6.07) is 4.17. The van der Waals surface area contributed by atoms with Gasteiger partial charge in [-0.1, -0.05) is 11.6 Å². The molecule has 1 aliphatic heterocycles. The first-order valence-corrected chi connectivity index (χ1v) is 5.94. The third-order valence-electron chi connectivity index (χ3n) is 2.69. The third-order valence-corrected chi connectivity index (χ3v) is 3.00. The van der Waals surface area contributed by atoms with Crippen molar-refractivity contribution in [1.29, 1.82) is 0 Å². The van der Waals surface area contributed by atoms with Crippen LogP contribution < -0.4 is 5.48 Å². The van der Waals surface area contributed by atoms with Crippen molar-refractivity contribution in [1.82, 2.24) is 0 Å². The van der Waals surface area contributed by atoms with Crippen molar-refractivity contribution < 1.29 is 14.5 Å². The SMILES string of the molecule is O=[N+]([O-])c1ccc(NOCC2CCOC2)c(Cl)c1. The normalized spacial score (nSPS) is 18.8. The van der Waals surface area contributed by atoms with E-state index in [0.29, 0.717) is 24.8 Å². The number of nitro benzene ring substituents is 1. The smallest absolute Gasteiger partial charge is 0.271 e. The van der Waals surface area contributed by atoms with Crippen LogP contribution in [0.15, 0.2) is 18.2 Å². The van der Waals surface area contributed by atoms with Crippen molar-refractivity contribution in [2.45, 2.75) is 6.42 Å². The van der Waals surface area contributed by atoms with Crippen LogP contribution in [-0.2, 0) is 9.57 Å². The fourth-order valence-corrected chi connectivity index (χ4v) is 1.87. The highest BCUT2D eigenvalue weighted by molar-refractivity contribution is 6.33. The molecular weight excluding hydrogens is 260 g/mol. The van der Waals surface area contributed by atoms with Crippen LogP contribution in [0.25, 0.3) is 0 Å². The average molecular weight is 273 g/mol. The van der Waals surface area contributed by atoms with Crippen molar-refractivity contribution in [2.24, 2.45) is 5.92 Å². The first-order valence-electron chi connectivity index (χ1n) is 5.56. The fraction of sp³-hybridized carbons (Fsp3) is 0.455. The highest BCUT2D eigenvalue weighted by Gasteiger charge is 2.16. The largest absolute Gasteiger partial charge is 0.381 e. The Hall–Kier alpha value is -1.37. The number of rotatable bonds is 5. The van der Waals surface area contributed by atoms with E-state index in [0.717, 1.165) is 13.0 Å². The van der Waals surface area contributed by atoms with E-state index in [1.165, 1.54) is 18.2 Å². The summed E-state index contributed by atoms with van der Waals surface area (Å²) in [5.41, 5.74) is 3.16. The molecule has 1 aliphatic rings. The number of ether oxygens (including phenoxy) is 1. The number of anilines is 1. The van der Waals surface area contributed by atoms with Gasteiger partial charge in [-0.15, -0.1) is 0 Å².